The standard InChI is InChI=1S/C13H17NO3S/c1-10-4-2-3-5-11(10)8-18-7-6-12(13(16)17)14-9-15/h2-5,9,12H,6-8H2,1H3,(H,14,15)(H,16,17). The van der Waals surface area contributed by atoms with Gasteiger partial charge in [0.05, 0.1) is 0 Å². The van der Waals surface area contributed by atoms with E-state index in [-0.39, 0.29) is 0 Å². The summed E-state index contributed by atoms with van der Waals surface area (Å²) in [4.78, 5) is 21.0. The Morgan fingerprint density at radius 3 is 2.83 bits per heavy atom. The Labute approximate surface area is 111 Å². The van der Waals surface area contributed by atoms with E-state index in [0.717, 1.165) is 5.75 Å². The van der Waals surface area contributed by atoms with Crippen molar-refractivity contribution in [3.63, 3.8) is 0 Å². The fraction of sp³-hybridized carbons (Fsp3) is 0.385. The molecule has 0 aliphatic rings. The average Bonchev–Trinajstić information content (AvgIpc) is 2.35. The third-order valence-corrected chi connectivity index (χ3v) is 3.68. The summed E-state index contributed by atoms with van der Waals surface area (Å²) in [7, 11) is 0. The Bertz CT molecular complexity index is 409. The average molecular weight is 267 g/mol. The fourth-order valence-corrected chi connectivity index (χ4v) is 2.61. The minimum atomic E-state index is -0.987. The molecule has 1 amide bonds. The summed E-state index contributed by atoms with van der Waals surface area (Å²) < 4.78 is 0. The van der Waals surface area contributed by atoms with Crippen molar-refractivity contribution in [3.05, 3.63) is 35.4 Å². The van der Waals surface area contributed by atoms with Gasteiger partial charge < -0.3 is 10.4 Å². The molecule has 0 spiro atoms. The lowest BCUT2D eigenvalue weighted by Crippen LogP contribution is -2.36. The maximum Gasteiger partial charge on any atom is 0.326 e. The number of hydrogen-bond donors (Lipinski definition) is 2. The number of rotatable bonds is 8. The number of thioether (sulfide) groups is 1. The second kappa shape index (κ2) is 7.76. The normalized spacial score (nSPS) is 11.8. The van der Waals surface area contributed by atoms with Gasteiger partial charge in [-0.15, -0.1) is 0 Å². The van der Waals surface area contributed by atoms with Crippen molar-refractivity contribution < 1.29 is 14.7 Å². The number of nitrogens with one attached hydrogen (secondary N) is 1. The molecule has 98 valence electrons. The fourth-order valence-electron chi connectivity index (χ4n) is 1.52. The van der Waals surface area contributed by atoms with Crippen LogP contribution in [0.15, 0.2) is 24.3 Å². The van der Waals surface area contributed by atoms with E-state index in [0.29, 0.717) is 18.6 Å². The van der Waals surface area contributed by atoms with Crippen LogP contribution < -0.4 is 5.32 Å². The lowest BCUT2D eigenvalue weighted by molar-refractivity contribution is -0.140. The van der Waals surface area contributed by atoms with Crippen molar-refractivity contribution in [2.24, 2.45) is 0 Å². The first kappa shape index (κ1) is 14.6. The van der Waals surface area contributed by atoms with E-state index in [1.165, 1.54) is 11.1 Å². The largest absolute Gasteiger partial charge is 0.480 e. The van der Waals surface area contributed by atoms with Crippen LogP contribution >= 0.6 is 11.8 Å². The molecule has 0 saturated carbocycles. The van der Waals surface area contributed by atoms with Crippen LogP contribution in [0.4, 0.5) is 0 Å². The van der Waals surface area contributed by atoms with Gasteiger partial charge >= 0.3 is 5.97 Å². The Morgan fingerprint density at radius 2 is 2.22 bits per heavy atom. The first-order valence-corrected chi connectivity index (χ1v) is 6.85. The van der Waals surface area contributed by atoms with E-state index < -0.39 is 12.0 Å². The van der Waals surface area contributed by atoms with Crippen LogP contribution in [0, 0.1) is 6.92 Å². The number of carbonyl (C=O) groups excluding carboxylic acids is 1. The molecule has 18 heavy (non-hydrogen) atoms. The van der Waals surface area contributed by atoms with E-state index in [1.54, 1.807) is 11.8 Å². The molecule has 1 rings (SSSR count). The van der Waals surface area contributed by atoms with Gasteiger partial charge in [-0.3, -0.25) is 4.79 Å². The summed E-state index contributed by atoms with van der Waals surface area (Å²) in [6.45, 7) is 2.06. The van der Waals surface area contributed by atoms with Gasteiger partial charge in [0.1, 0.15) is 6.04 Å². The van der Waals surface area contributed by atoms with Crippen LogP contribution in [0.25, 0.3) is 0 Å². The van der Waals surface area contributed by atoms with Gasteiger partial charge in [0.25, 0.3) is 0 Å². The number of carboxylic acids is 1. The van der Waals surface area contributed by atoms with Crippen LogP contribution in [0.2, 0.25) is 0 Å². The molecule has 0 radical (unpaired) electrons. The molecule has 0 aromatic heterocycles. The minimum Gasteiger partial charge on any atom is -0.480 e. The third kappa shape index (κ3) is 4.79. The van der Waals surface area contributed by atoms with Gasteiger partial charge in [0.15, 0.2) is 0 Å². The molecule has 0 fully saturated rings. The monoisotopic (exact) mass is 267 g/mol. The van der Waals surface area contributed by atoms with Crippen molar-refractivity contribution in [2.75, 3.05) is 5.75 Å². The lowest BCUT2D eigenvalue weighted by Gasteiger charge is -2.11. The molecule has 4 nitrogen and oxygen atoms in total. The quantitative estimate of drug-likeness (QED) is 0.557. The SMILES string of the molecule is Cc1ccccc1CSCCC(NC=O)C(=O)O. The number of amides is 1. The molecule has 0 bridgehead atoms. The van der Waals surface area contributed by atoms with Crippen LogP contribution in [0.3, 0.4) is 0 Å². The molecule has 0 heterocycles. The van der Waals surface area contributed by atoms with Crippen LogP contribution in [0.1, 0.15) is 17.5 Å². The van der Waals surface area contributed by atoms with Gasteiger partial charge in [0.2, 0.25) is 6.41 Å². The van der Waals surface area contributed by atoms with E-state index in [9.17, 15) is 9.59 Å². The minimum absolute atomic E-state index is 0.435. The van der Waals surface area contributed by atoms with Crippen molar-refractivity contribution in [3.8, 4) is 0 Å². The first-order chi connectivity index (χ1) is 8.65. The molecule has 5 heteroatoms. The Kier molecular flexibility index (Phi) is 6.28. The summed E-state index contributed by atoms with van der Waals surface area (Å²) in [6, 6.07) is 7.34. The highest BCUT2D eigenvalue weighted by Crippen LogP contribution is 2.16. The smallest absolute Gasteiger partial charge is 0.326 e. The van der Waals surface area contributed by atoms with E-state index in [2.05, 4.69) is 24.4 Å². The molecule has 1 unspecified atom stereocenters. The van der Waals surface area contributed by atoms with E-state index in [4.69, 9.17) is 5.11 Å². The van der Waals surface area contributed by atoms with Gasteiger partial charge in [-0.05, 0) is 30.2 Å². The molecular formula is C13H17NO3S. The van der Waals surface area contributed by atoms with Crippen molar-refractivity contribution in [1.82, 2.24) is 5.32 Å². The van der Waals surface area contributed by atoms with Gasteiger partial charge in [0, 0.05) is 5.75 Å². The number of aliphatic carboxylic acids is 1. The van der Waals surface area contributed by atoms with Crippen LogP contribution in [0.5, 0.6) is 0 Å². The maximum absolute atomic E-state index is 10.8. The van der Waals surface area contributed by atoms with Gasteiger partial charge in [-0.2, -0.15) is 11.8 Å². The molecule has 0 aliphatic heterocycles. The highest BCUT2D eigenvalue weighted by atomic mass is 32.2. The molecule has 1 aromatic carbocycles. The zero-order valence-electron chi connectivity index (χ0n) is 10.3. The van der Waals surface area contributed by atoms with Crippen molar-refractivity contribution in [1.29, 1.82) is 0 Å². The topological polar surface area (TPSA) is 66.4 Å². The Morgan fingerprint density at radius 1 is 1.50 bits per heavy atom. The number of carbonyl (C=O) groups is 2. The van der Waals surface area contributed by atoms with Crippen molar-refractivity contribution >= 4 is 24.1 Å². The highest BCUT2D eigenvalue weighted by Gasteiger charge is 2.15. The summed E-state index contributed by atoms with van der Waals surface area (Å²) in [5.74, 6) is 0.574. The van der Waals surface area contributed by atoms with Crippen LogP contribution in [-0.4, -0.2) is 29.3 Å². The number of aryl methyl sites for hydroxylation is 1. The Hall–Kier alpha value is -1.49. The molecule has 1 aromatic rings. The zero-order chi connectivity index (χ0) is 13.4. The van der Waals surface area contributed by atoms with Crippen LogP contribution in [-0.2, 0) is 15.3 Å². The summed E-state index contributed by atoms with van der Waals surface area (Å²) in [5, 5.41) is 11.1. The van der Waals surface area contributed by atoms with E-state index >= 15 is 0 Å². The summed E-state index contributed by atoms with van der Waals surface area (Å²) >= 11 is 1.67. The molecule has 0 aliphatic carbocycles. The molecule has 1 atom stereocenters. The molecular weight excluding hydrogens is 250 g/mol. The predicted octanol–water partition coefficient (Wildman–Crippen LogP) is 1.82. The highest BCUT2D eigenvalue weighted by molar-refractivity contribution is 7.98. The van der Waals surface area contributed by atoms with Gasteiger partial charge in [-0.1, -0.05) is 24.3 Å². The zero-order valence-corrected chi connectivity index (χ0v) is 11.1. The number of benzene rings is 1. The predicted molar refractivity (Wildman–Crippen MR) is 72.6 cm³/mol. The number of carboxylic acid groups (broad SMARTS) is 1. The third-order valence-electron chi connectivity index (χ3n) is 2.64. The first-order valence-electron chi connectivity index (χ1n) is 5.70. The molecule has 0 saturated heterocycles. The van der Waals surface area contributed by atoms with E-state index in [1.807, 2.05) is 12.1 Å². The Balaban J connectivity index is 2.32. The summed E-state index contributed by atoms with van der Waals surface area (Å²) in [6.07, 6.45) is 0.870. The molecule has 2 N–H and O–H groups in total. The number of hydrogen-bond acceptors (Lipinski definition) is 3. The van der Waals surface area contributed by atoms with Gasteiger partial charge in [-0.25, -0.2) is 4.79 Å². The summed E-state index contributed by atoms with van der Waals surface area (Å²) in [5.41, 5.74) is 2.50. The lowest BCUT2D eigenvalue weighted by atomic mass is 10.1. The van der Waals surface area contributed by atoms with Crippen molar-refractivity contribution in [2.45, 2.75) is 25.1 Å². The second-order valence-corrected chi connectivity index (χ2v) is 5.05. The second-order valence-electron chi connectivity index (χ2n) is 3.94. The maximum atomic E-state index is 10.8.